The average molecular weight is 403 g/mol. The summed E-state index contributed by atoms with van der Waals surface area (Å²) in [5.41, 5.74) is 0.164. The summed E-state index contributed by atoms with van der Waals surface area (Å²) in [5.74, 6) is -0.886. The molecule has 0 saturated carbocycles. The van der Waals surface area contributed by atoms with Crippen molar-refractivity contribution < 1.29 is 14.3 Å². The van der Waals surface area contributed by atoms with Gasteiger partial charge in [-0.3, -0.25) is 9.69 Å². The van der Waals surface area contributed by atoms with E-state index in [9.17, 15) is 14.3 Å². The van der Waals surface area contributed by atoms with Gasteiger partial charge in [0.25, 0.3) is 0 Å². The second kappa shape index (κ2) is 10.4. The van der Waals surface area contributed by atoms with E-state index in [1.807, 2.05) is 0 Å². The number of carbonyl (C=O) groups is 1. The molecular weight excluding hydrogens is 380 g/mol. The van der Waals surface area contributed by atoms with Crippen LogP contribution in [0.2, 0.25) is 5.02 Å². The molecular formula is C15H23Cl3FN3O2. The number of benzene rings is 1. The van der Waals surface area contributed by atoms with Crippen LogP contribution in [0.1, 0.15) is 11.6 Å². The number of β-amino-alcohol motifs (C(OH)–C–C–N with tert-alkyl or cyclic N) is 1. The summed E-state index contributed by atoms with van der Waals surface area (Å²) in [4.78, 5) is 14.1. The van der Waals surface area contributed by atoms with Gasteiger partial charge >= 0.3 is 0 Å². The molecule has 5 nitrogen and oxygen atoms in total. The second-order valence-corrected chi connectivity index (χ2v) is 6.14. The van der Waals surface area contributed by atoms with Crippen LogP contribution in [0, 0.1) is 11.7 Å². The number of nitrogens with zero attached hydrogens (tertiary/aromatic N) is 1. The maximum atomic E-state index is 14.1. The SMILES string of the molecule is CN(C)C(C(=O)NCC1CNCC1O)c1c(F)cccc1Cl.Cl.Cl. The number of hydrogen-bond acceptors (Lipinski definition) is 4. The van der Waals surface area contributed by atoms with E-state index in [-0.39, 0.29) is 47.2 Å². The first-order valence-corrected chi connectivity index (χ1v) is 7.56. The van der Waals surface area contributed by atoms with Gasteiger partial charge in [0.05, 0.1) is 6.10 Å². The minimum absolute atomic E-state index is 0. The van der Waals surface area contributed by atoms with Gasteiger partial charge in [-0.05, 0) is 26.2 Å². The van der Waals surface area contributed by atoms with Crippen LogP contribution in [0.4, 0.5) is 4.39 Å². The molecule has 0 aliphatic carbocycles. The molecule has 0 radical (unpaired) electrons. The summed E-state index contributed by atoms with van der Waals surface area (Å²) in [6.45, 7) is 1.51. The van der Waals surface area contributed by atoms with E-state index < -0.39 is 18.0 Å². The number of rotatable bonds is 5. The molecule has 2 rings (SSSR count). The molecule has 0 aromatic heterocycles. The van der Waals surface area contributed by atoms with Crippen molar-refractivity contribution in [1.82, 2.24) is 15.5 Å². The predicted molar refractivity (Wildman–Crippen MR) is 97.7 cm³/mol. The fourth-order valence-corrected chi connectivity index (χ4v) is 2.92. The molecule has 0 bridgehead atoms. The lowest BCUT2D eigenvalue weighted by Crippen LogP contribution is -2.41. The summed E-state index contributed by atoms with van der Waals surface area (Å²) in [6.07, 6.45) is -0.477. The largest absolute Gasteiger partial charge is 0.391 e. The van der Waals surface area contributed by atoms with Crippen molar-refractivity contribution in [2.75, 3.05) is 33.7 Å². The summed E-state index contributed by atoms with van der Waals surface area (Å²) in [5, 5.41) is 15.8. The van der Waals surface area contributed by atoms with Gasteiger partial charge in [-0.25, -0.2) is 4.39 Å². The third kappa shape index (κ3) is 5.44. The van der Waals surface area contributed by atoms with E-state index >= 15 is 0 Å². The van der Waals surface area contributed by atoms with Crippen LogP contribution in [0.5, 0.6) is 0 Å². The Hall–Kier alpha value is -0.630. The lowest BCUT2D eigenvalue weighted by atomic mass is 10.0. The van der Waals surface area contributed by atoms with Crippen LogP contribution in [0.15, 0.2) is 18.2 Å². The van der Waals surface area contributed by atoms with E-state index in [2.05, 4.69) is 10.6 Å². The van der Waals surface area contributed by atoms with Crippen molar-refractivity contribution in [3.8, 4) is 0 Å². The molecule has 1 fully saturated rings. The number of carbonyl (C=O) groups excluding carboxylic acids is 1. The molecule has 1 aromatic carbocycles. The van der Waals surface area contributed by atoms with Crippen LogP contribution in [-0.4, -0.2) is 55.7 Å². The van der Waals surface area contributed by atoms with Gasteiger partial charge in [0.2, 0.25) is 5.91 Å². The Morgan fingerprint density at radius 1 is 1.46 bits per heavy atom. The quantitative estimate of drug-likeness (QED) is 0.700. The van der Waals surface area contributed by atoms with E-state index in [0.29, 0.717) is 19.6 Å². The molecule has 3 unspecified atom stereocenters. The fourth-order valence-electron chi connectivity index (χ4n) is 2.65. The molecule has 0 spiro atoms. The number of aliphatic hydroxyl groups is 1. The fraction of sp³-hybridized carbons (Fsp3) is 0.533. The van der Waals surface area contributed by atoms with Gasteiger partial charge in [-0.15, -0.1) is 24.8 Å². The molecule has 1 aliphatic rings. The zero-order chi connectivity index (χ0) is 16.3. The van der Waals surface area contributed by atoms with Gasteiger partial charge in [0.15, 0.2) is 0 Å². The Balaban J connectivity index is 0.00000264. The third-order valence-corrected chi connectivity index (χ3v) is 4.21. The van der Waals surface area contributed by atoms with Gasteiger partial charge in [-0.1, -0.05) is 17.7 Å². The summed E-state index contributed by atoms with van der Waals surface area (Å²) in [7, 11) is 3.39. The Bertz CT molecular complexity index is 528. The Morgan fingerprint density at radius 2 is 2.12 bits per heavy atom. The van der Waals surface area contributed by atoms with E-state index in [1.54, 1.807) is 25.1 Å². The second-order valence-electron chi connectivity index (χ2n) is 5.73. The molecule has 3 N–H and O–H groups in total. The standard InChI is InChI=1S/C15H21ClFN3O2.2ClH/c1-20(2)14(13-10(16)4-3-5-11(13)17)15(22)19-7-9-6-18-8-12(9)21;;/h3-5,9,12,14,18,21H,6-8H2,1-2H3,(H,19,22);2*1H. The van der Waals surface area contributed by atoms with Crippen molar-refractivity contribution >= 4 is 42.3 Å². The molecule has 138 valence electrons. The Kier molecular flexibility index (Phi) is 10.1. The van der Waals surface area contributed by atoms with Crippen molar-refractivity contribution in [1.29, 1.82) is 0 Å². The monoisotopic (exact) mass is 401 g/mol. The molecule has 1 aliphatic heterocycles. The van der Waals surface area contributed by atoms with Crippen LogP contribution < -0.4 is 10.6 Å². The first-order chi connectivity index (χ1) is 10.4. The maximum absolute atomic E-state index is 14.1. The molecule has 1 aromatic rings. The molecule has 1 saturated heterocycles. The summed E-state index contributed by atoms with van der Waals surface area (Å²) >= 11 is 6.07. The van der Waals surface area contributed by atoms with Crippen molar-refractivity contribution in [3.05, 3.63) is 34.6 Å². The highest BCUT2D eigenvalue weighted by Gasteiger charge is 2.30. The normalized spacial score (nSPS) is 20.9. The number of amides is 1. The molecule has 24 heavy (non-hydrogen) atoms. The average Bonchev–Trinajstić information content (AvgIpc) is 2.85. The number of halogens is 4. The van der Waals surface area contributed by atoms with Gasteiger partial charge in [0, 0.05) is 36.1 Å². The molecule has 1 amide bonds. The van der Waals surface area contributed by atoms with Crippen LogP contribution in [-0.2, 0) is 4.79 Å². The Labute approximate surface area is 158 Å². The number of hydrogen-bond donors (Lipinski definition) is 3. The van der Waals surface area contributed by atoms with Crippen LogP contribution in [0.25, 0.3) is 0 Å². The highest BCUT2D eigenvalue weighted by Crippen LogP contribution is 2.29. The predicted octanol–water partition coefficient (Wildman–Crippen LogP) is 1.62. The molecule has 1 heterocycles. The summed E-state index contributed by atoms with van der Waals surface area (Å²) in [6, 6.07) is 3.54. The van der Waals surface area contributed by atoms with Crippen molar-refractivity contribution in [3.63, 3.8) is 0 Å². The number of nitrogens with one attached hydrogen (secondary N) is 2. The van der Waals surface area contributed by atoms with E-state index in [0.717, 1.165) is 0 Å². The highest BCUT2D eigenvalue weighted by molar-refractivity contribution is 6.31. The summed E-state index contributed by atoms with van der Waals surface area (Å²) < 4.78 is 14.1. The zero-order valence-electron chi connectivity index (χ0n) is 13.5. The van der Waals surface area contributed by atoms with Gasteiger partial charge in [0.1, 0.15) is 11.9 Å². The minimum atomic E-state index is -0.819. The van der Waals surface area contributed by atoms with Gasteiger partial charge < -0.3 is 15.7 Å². The van der Waals surface area contributed by atoms with Crippen LogP contribution in [0.3, 0.4) is 0 Å². The first-order valence-electron chi connectivity index (χ1n) is 7.18. The van der Waals surface area contributed by atoms with Crippen molar-refractivity contribution in [2.45, 2.75) is 12.1 Å². The lowest BCUT2D eigenvalue weighted by molar-refractivity contribution is -0.126. The lowest BCUT2D eigenvalue weighted by Gasteiger charge is -2.26. The van der Waals surface area contributed by atoms with Crippen LogP contribution >= 0.6 is 36.4 Å². The van der Waals surface area contributed by atoms with Gasteiger partial charge in [-0.2, -0.15) is 0 Å². The first kappa shape index (κ1) is 23.4. The minimum Gasteiger partial charge on any atom is -0.391 e. The molecule has 9 heteroatoms. The van der Waals surface area contributed by atoms with E-state index in [1.165, 1.54) is 12.1 Å². The maximum Gasteiger partial charge on any atom is 0.242 e. The highest BCUT2D eigenvalue weighted by atomic mass is 35.5. The number of likely N-dealkylation sites (N-methyl/N-ethyl adjacent to an activating group) is 1. The Morgan fingerprint density at radius 3 is 2.62 bits per heavy atom. The third-order valence-electron chi connectivity index (χ3n) is 3.88. The van der Waals surface area contributed by atoms with E-state index in [4.69, 9.17) is 11.6 Å². The smallest absolute Gasteiger partial charge is 0.242 e. The topological polar surface area (TPSA) is 64.6 Å². The zero-order valence-corrected chi connectivity index (χ0v) is 15.8. The number of aliphatic hydroxyl groups excluding tert-OH is 1. The van der Waals surface area contributed by atoms with Crippen molar-refractivity contribution in [2.24, 2.45) is 5.92 Å². The molecule has 3 atom stereocenters.